The standard InChI is InChI=1S/C18H27N5O2.2ClH/c1-10-13(7-8-15(24)21-14(9-19)12-5-6-12)11(2)20-17-16(10)18(25-4)22-23(17)3;;/h12,14H,5-9,19H2,1-4H3,(H,21,24);2*1H. The molecule has 0 spiro atoms. The Morgan fingerprint density at radius 2 is 2.04 bits per heavy atom. The molecule has 0 aliphatic heterocycles. The Bertz CT molecular complexity index is 805. The van der Waals surface area contributed by atoms with Crippen LogP contribution in [0.5, 0.6) is 5.88 Å². The summed E-state index contributed by atoms with van der Waals surface area (Å²) in [7, 11) is 3.47. The molecule has 1 fully saturated rings. The van der Waals surface area contributed by atoms with Crippen molar-refractivity contribution in [1.29, 1.82) is 0 Å². The summed E-state index contributed by atoms with van der Waals surface area (Å²) in [5, 5.41) is 8.36. The molecule has 152 valence electrons. The number of pyridine rings is 1. The molecule has 3 rings (SSSR count). The average molecular weight is 418 g/mol. The summed E-state index contributed by atoms with van der Waals surface area (Å²) in [6, 6.07) is 0.119. The summed E-state index contributed by atoms with van der Waals surface area (Å²) >= 11 is 0. The number of methoxy groups -OCH3 is 1. The zero-order chi connectivity index (χ0) is 18.1. The molecule has 2 heterocycles. The van der Waals surface area contributed by atoms with Gasteiger partial charge >= 0.3 is 0 Å². The van der Waals surface area contributed by atoms with Crippen LogP contribution >= 0.6 is 24.8 Å². The third-order valence-corrected chi connectivity index (χ3v) is 5.11. The highest BCUT2D eigenvalue weighted by Crippen LogP contribution is 2.32. The minimum atomic E-state index is 0. The first kappa shape index (κ1) is 23.5. The first-order valence-electron chi connectivity index (χ1n) is 8.82. The van der Waals surface area contributed by atoms with Crippen molar-refractivity contribution in [3.63, 3.8) is 0 Å². The molecule has 1 amide bonds. The topological polar surface area (TPSA) is 95.1 Å². The Balaban J connectivity index is 0.00000182. The molecule has 7 nitrogen and oxygen atoms in total. The lowest BCUT2D eigenvalue weighted by Crippen LogP contribution is -2.41. The second-order valence-corrected chi connectivity index (χ2v) is 6.88. The number of amides is 1. The lowest BCUT2D eigenvalue weighted by molar-refractivity contribution is -0.121. The van der Waals surface area contributed by atoms with Crippen molar-refractivity contribution in [2.45, 2.75) is 45.6 Å². The largest absolute Gasteiger partial charge is 0.479 e. The number of halogens is 2. The summed E-state index contributed by atoms with van der Waals surface area (Å²) in [4.78, 5) is 17.0. The molecule has 1 saturated carbocycles. The smallest absolute Gasteiger partial charge is 0.242 e. The van der Waals surface area contributed by atoms with Gasteiger partial charge in [0.15, 0.2) is 5.65 Å². The Morgan fingerprint density at radius 3 is 2.59 bits per heavy atom. The number of nitrogens with zero attached hydrogens (tertiary/aromatic N) is 3. The van der Waals surface area contributed by atoms with Crippen LogP contribution in [0.4, 0.5) is 0 Å². The van der Waals surface area contributed by atoms with Crippen LogP contribution in [0, 0.1) is 19.8 Å². The van der Waals surface area contributed by atoms with E-state index in [0.29, 0.717) is 31.2 Å². The van der Waals surface area contributed by atoms with Gasteiger partial charge in [0.05, 0.1) is 12.5 Å². The number of carbonyl (C=O) groups is 1. The van der Waals surface area contributed by atoms with Gasteiger partial charge in [-0.15, -0.1) is 29.9 Å². The van der Waals surface area contributed by atoms with Crippen molar-refractivity contribution >= 4 is 41.8 Å². The number of fused-ring (bicyclic) bond motifs is 1. The van der Waals surface area contributed by atoms with Crippen molar-refractivity contribution in [2.75, 3.05) is 13.7 Å². The minimum absolute atomic E-state index is 0. The fraction of sp³-hybridized carbons (Fsp3) is 0.611. The van der Waals surface area contributed by atoms with Gasteiger partial charge in [-0.05, 0) is 50.2 Å². The lowest BCUT2D eigenvalue weighted by atomic mass is 10.00. The zero-order valence-corrected chi connectivity index (χ0v) is 17.9. The van der Waals surface area contributed by atoms with Crippen LogP contribution in [0.15, 0.2) is 0 Å². The van der Waals surface area contributed by atoms with Crippen molar-refractivity contribution in [3.05, 3.63) is 16.8 Å². The third-order valence-electron chi connectivity index (χ3n) is 5.11. The van der Waals surface area contributed by atoms with E-state index in [0.717, 1.165) is 27.9 Å². The molecule has 2 aromatic rings. The number of carbonyl (C=O) groups excluding carboxylic acids is 1. The molecule has 0 saturated heterocycles. The Hall–Kier alpha value is -1.57. The number of nitrogens with one attached hydrogen (secondary N) is 1. The molecule has 0 bridgehead atoms. The van der Waals surface area contributed by atoms with Crippen LogP contribution in [0.3, 0.4) is 0 Å². The normalized spacial score (nSPS) is 14.3. The molecule has 1 aliphatic rings. The maximum absolute atomic E-state index is 12.3. The predicted octanol–water partition coefficient (Wildman–Crippen LogP) is 2.22. The number of rotatable bonds is 7. The van der Waals surface area contributed by atoms with Gasteiger partial charge in [0, 0.05) is 31.7 Å². The van der Waals surface area contributed by atoms with E-state index in [-0.39, 0.29) is 36.8 Å². The van der Waals surface area contributed by atoms with Crippen LogP contribution in [0.25, 0.3) is 11.0 Å². The molecule has 1 aliphatic carbocycles. The van der Waals surface area contributed by atoms with Gasteiger partial charge in [-0.3, -0.25) is 4.79 Å². The molecule has 3 N–H and O–H groups in total. The molecular formula is C18H29Cl2N5O2. The van der Waals surface area contributed by atoms with Crippen LogP contribution < -0.4 is 15.8 Å². The number of hydrogen-bond donors (Lipinski definition) is 2. The van der Waals surface area contributed by atoms with Crippen molar-refractivity contribution in [1.82, 2.24) is 20.1 Å². The van der Waals surface area contributed by atoms with E-state index in [1.165, 1.54) is 12.8 Å². The number of ether oxygens (including phenoxy) is 1. The fourth-order valence-corrected chi connectivity index (χ4v) is 3.49. The second kappa shape index (κ2) is 9.57. The molecule has 0 radical (unpaired) electrons. The van der Waals surface area contributed by atoms with Crippen LogP contribution in [0.1, 0.15) is 36.1 Å². The van der Waals surface area contributed by atoms with Gasteiger partial charge < -0.3 is 15.8 Å². The van der Waals surface area contributed by atoms with E-state index in [4.69, 9.17) is 10.5 Å². The van der Waals surface area contributed by atoms with E-state index in [2.05, 4.69) is 15.4 Å². The lowest BCUT2D eigenvalue weighted by Gasteiger charge is -2.16. The summed E-state index contributed by atoms with van der Waals surface area (Å²) in [6.07, 6.45) is 3.41. The van der Waals surface area contributed by atoms with Gasteiger partial charge in [0.2, 0.25) is 11.8 Å². The van der Waals surface area contributed by atoms with E-state index >= 15 is 0 Å². The van der Waals surface area contributed by atoms with Gasteiger partial charge in [0.1, 0.15) is 0 Å². The van der Waals surface area contributed by atoms with Gasteiger partial charge in [0.25, 0.3) is 0 Å². The van der Waals surface area contributed by atoms with Crippen molar-refractivity contribution in [2.24, 2.45) is 18.7 Å². The fourth-order valence-electron chi connectivity index (χ4n) is 3.49. The van der Waals surface area contributed by atoms with Crippen molar-refractivity contribution in [3.8, 4) is 5.88 Å². The number of nitrogens with two attached hydrogens (primary N) is 1. The minimum Gasteiger partial charge on any atom is -0.479 e. The highest BCUT2D eigenvalue weighted by molar-refractivity contribution is 5.86. The van der Waals surface area contributed by atoms with Crippen LogP contribution in [-0.4, -0.2) is 40.4 Å². The molecule has 2 aromatic heterocycles. The Morgan fingerprint density at radius 1 is 1.37 bits per heavy atom. The molecule has 1 unspecified atom stereocenters. The number of hydrogen-bond acceptors (Lipinski definition) is 5. The van der Waals surface area contributed by atoms with Crippen molar-refractivity contribution < 1.29 is 9.53 Å². The predicted molar refractivity (Wildman–Crippen MR) is 111 cm³/mol. The highest BCUT2D eigenvalue weighted by atomic mass is 35.5. The van der Waals surface area contributed by atoms with E-state index in [1.54, 1.807) is 11.8 Å². The quantitative estimate of drug-likeness (QED) is 0.719. The maximum Gasteiger partial charge on any atom is 0.242 e. The Kier molecular flexibility index (Phi) is 8.32. The molecule has 27 heavy (non-hydrogen) atoms. The molecule has 1 atom stereocenters. The van der Waals surface area contributed by atoms with Crippen LogP contribution in [0.2, 0.25) is 0 Å². The third kappa shape index (κ3) is 4.83. The average Bonchev–Trinajstić information content (AvgIpc) is 3.37. The number of aryl methyl sites for hydroxylation is 3. The molecule has 9 heteroatoms. The zero-order valence-electron chi connectivity index (χ0n) is 16.2. The van der Waals surface area contributed by atoms with Gasteiger partial charge in [-0.1, -0.05) is 0 Å². The van der Waals surface area contributed by atoms with Crippen LogP contribution in [-0.2, 0) is 18.3 Å². The van der Waals surface area contributed by atoms with E-state index in [9.17, 15) is 4.79 Å². The summed E-state index contributed by atoms with van der Waals surface area (Å²) in [6.45, 7) is 4.53. The summed E-state index contributed by atoms with van der Waals surface area (Å²) in [5.74, 6) is 1.19. The molecule has 0 aromatic carbocycles. The first-order chi connectivity index (χ1) is 12.0. The Labute approximate surface area is 172 Å². The molecular weight excluding hydrogens is 389 g/mol. The highest BCUT2D eigenvalue weighted by Gasteiger charge is 2.31. The first-order valence-corrected chi connectivity index (χ1v) is 8.82. The number of aromatic nitrogens is 3. The van der Waals surface area contributed by atoms with Gasteiger partial charge in [-0.25, -0.2) is 9.67 Å². The maximum atomic E-state index is 12.3. The van der Waals surface area contributed by atoms with E-state index in [1.807, 2.05) is 20.9 Å². The monoisotopic (exact) mass is 417 g/mol. The van der Waals surface area contributed by atoms with E-state index < -0.39 is 0 Å². The summed E-state index contributed by atoms with van der Waals surface area (Å²) < 4.78 is 7.11. The second-order valence-electron chi connectivity index (χ2n) is 6.88. The van der Waals surface area contributed by atoms with Gasteiger partial charge in [-0.2, -0.15) is 0 Å². The summed E-state index contributed by atoms with van der Waals surface area (Å²) in [5.41, 5.74) is 9.67. The SMILES string of the molecule is COc1nn(C)c2nc(C)c(CCC(=O)NC(CN)C3CC3)c(C)c12.Cl.Cl.